The van der Waals surface area contributed by atoms with Gasteiger partial charge in [-0.3, -0.25) is 0 Å². The molecule has 1 aliphatic rings. The topological polar surface area (TPSA) is 61.8 Å². The largest absolute Gasteiger partial charge is 0.435 e. The van der Waals surface area contributed by atoms with Crippen molar-refractivity contribution in [2.45, 2.75) is 52.8 Å². The molecule has 1 aromatic carbocycles. The van der Waals surface area contributed by atoms with Gasteiger partial charge in [0.05, 0.1) is 17.2 Å². The summed E-state index contributed by atoms with van der Waals surface area (Å²) in [6.07, 6.45) is 2.09. The second-order valence-corrected chi connectivity index (χ2v) is 8.53. The maximum Gasteiger partial charge on any atom is 0.387 e. The molecule has 2 heterocycles. The van der Waals surface area contributed by atoms with Gasteiger partial charge in [0.1, 0.15) is 5.75 Å². The number of ether oxygens (including phenoxy) is 1. The van der Waals surface area contributed by atoms with Gasteiger partial charge < -0.3 is 20.3 Å². The number of hydrogen-bond donors (Lipinski definition) is 2. The molecule has 2 N–H and O–H groups in total. The number of thiazole rings is 1. The summed E-state index contributed by atoms with van der Waals surface area (Å²) >= 11 is 1.68. The maximum absolute atomic E-state index is 12.3. The molecule has 0 aliphatic carbocycles. The number of nitrogens with zero attached hydrogens (tertiary/aromatic N) is 3. The molecule has 1 atom stereocenters. The third-order valence-electron chi connectivity index (χ3n) is 4.91. The first kappa shape index (κ1) is 22.3. The van der Waals surface area contributed by atoms with E-state index in [0.717, 1.165) is 54.8 Å². The minimum atomic E-state index is -2.80. The van der Waals surface area contributed by atoms with Crippen LogP contribution in [0.2, 0.25) is 0 Å². The molecule has 164 valence electrons. The number of guanidine groups is 1. The Labute approximate surface area is 180 Å². The third kappa shape index (κ3) is 6.29. The molecular formula is C21H29F2N5OS. The Morgan fingerprint density at radius 3 is 2.73 bits per heavy atom. The predicted molar refractivity (Wildman–Crippen MR) is 118 cm³/mol. The summed E-state index contributed by atoms with van der Waals surface area (Å²) in [5.41, 5.74) is 2.04. The summed E-state index contributed by atoms with van der Waals surface area (Å²) in [6.45, 7) is 6.42. The number of rotatable bonds is 7. The fraction of sp³-hybridized carbons (Fsp3) is 0.524. The van der Waals surface area contributed by atoms with Crippen LogP contribution in [0.3, 0.4) is 0 Å². The normalized spacial score (nSPS) is 17.3. The van der Waals surface area contributed by atoms with Crippen LogP contribution in [-0.4, -0.2) is 43.2 Å². The zero-order valence-electron chi connectivity index (χ0n) is 17.6. The molecule has 0 amide bonds. The quantitative estimate of drug-likeness (QED) is 0.505. The van der Waals surface area contributed by atoms with Crippen molar-refractivity contribution in [3.05, 3.63) is 39.8 Å². The molecule has 6 nitrogen and oxygen atoms in total. The highest BCUT2D eigenvalue weighted by Gasteiger charge is 2.21. The van der Waals surface area contributed by atoms with Gasteiger partial charge in [-0.05, 0) is 57.9 Å². The highest BCUT2D eigenvalue weighted by molar-refractivity contribution is 7.11. The van der Waals surface area contributed by atoms with E-state index in [-0.39, 0.29) is 11.8 Å². The number of benzene rings is 1. The monoisotopic (exact) mass is 437 g/mol. The van der Waals surface area contributed by atoms with E-state index in [1.54, 1.807) is 23.5 Å². The summed E-state index contributed by atoms with van der Waals surface area (Å²) < 4.78 is 29.1. The predicted octanol–water partition coefficient (Wildman–Crippen LogP) is 4.09. The van der Waals surface area contributed by atoms with Crippen molar-refractivity contribution in [1.82, 2.24) is 15.6 Å². The number of aryl methyl sites for hydroxylation is 2. The van der Waals surface area contributed by atoms with E-state index in [2.05, 4.69) is 32.2 Å². The van der Waals surface area contributed by atoms with Gasteiger partial charge in [-0.15, -0.1) is 11.3 Å². The first-order valence-corrected chi connectivity index (χ1v) is 11.0. The zero-order chi connectivity index (χ0) is 21.5. The lowest BCUT2D eigenvalue weighted by Crippen LogP contribution is -2.51. The number of aromatic nitrogens is 1. The molecular weight excluding hydrogens is 408 g/mol. The molecule has 1 aromatic heterocycles. The number of aliphatic imine (C=N–C) groups is 1. The van der Waals surface area contributed by atoms with E-state index >= 15 is 0 Å². The van der Waals surface area contributed by atoms with Crippen LogP contribution in [0.25, 0.3) is 0 Å². The molecule has 30 heavy (non-hydrogen) atoms. The Morgan fingerprint density at radius 1 is 1.33 bits per heavy atom. The molecule has 9 heteroatoms. The van der Waals surface area contributed by atoms with Crippen molar-refractivity contribution in [1.29, 1.82) is 0 Å². The van der Waals surface area contributed by atoms with Gasteiger partial charge in [0.15, 0.2) is 5.96 Å². The van der Waals surface area contributed by atoms with E-state index < -0.39 is 6.61 Å². The molecule has 0 spiro atoms. The van der Waals surface area contributed by atoms with Crippen LogP contribution in [-0.2, 0) is 6.54 Å². The number of anilines is 1. The van der Waals surface area contributed by atoms with Gasteiger partial charge in [0.25, 0.3) is 0 Å². The molecule has 1 fully saturated rings. The summed E-state index contributed by atoms with van der Waals surface area (Å²) in [5, 5.41) is 7.93. The van der Waals surface area contributed by atoms with Gasteiger partial charge in [-0.25, -0.2) is 9.98 Å². The number of piperidine rings is 1. The highest BCUT2D eigenvalue weighted by Crippen LogP contribution is 2.24. The van der Waals surface area contributed by atoms with E-state index in [1.165, 1.54) is 4.88 Å². The van der Waals surface area contributed by atoms with Crippen molar-refractivity contribution in [2.75, 3.05) is 24.5 Å². The molecule has 0 radical (unpaired) electrons. The third-order valence-corrected chi connectivity index (χ3v) is 5.97. The standard InChI is InChI=1S/C21H29F2N5OS/c1-4-24-21(25-12-19-14(2)26-15(3)30-19)27-16-6-5-11-28(13-16)17-7-9-18(10-8-17)29-20(22)23/h7-10,16,20H,4-6,11-13H2,1-3H3,(H2,24,25,27). The molecule has 0 bridgehead atoms. The molecule has 1 aliphatic heterocycles. The number of nitrogens with one attached hydrogen (secondary N) is 2. The summed E-state index contributed by atoms with van der Waals surface area (Å²) in [5.74, 6) is 0.978. The van der Waals surface area contributed by atoms with Crippen LogP contribution < -0.4 is 20.3 Å². The van der Waals surface area contributed by atoms with Crippen molar-refractivity contribution in [2.24, 2.45) is 4.99 Å². The summed E-state index contributed by atoms with van der Waals surface area (Å²) in [4.78, 5) is 12.7. The van der Waals surface area contributed by atoms with E-state index in [1.807, 2.05) is 26.0 Å². The van der Waals surface area contributed by atoms with Crippen LogP contribution in [0.1, 0.15) is 35.3 Å². The molecule has 1 unspecified atom stereocenters. The maximum atomic E-state index is 12.3. The van der Waals surface area contributed by atoms with Crippen molar-refractivity contribution in [3.8, 4) is 5.75 Å². The Hall–Kier alpha value is -2.42. The van der Waals surface area contributed by atoms with E-state index in [4.69, 9.17) is 4.99 Å². The highest BCUT2D eigenvalue weighted by atomic mass is 32.1. The van der Waals surface area contributed by atoms with Gasteiger partial charge in [0.2, 0.25) is 0 Å². The minimum absolute atomic E-state index is 0.176. The summed E-state index contributed by atoms with van der Waals surface area (Å²) in [7, 11) is 0. The SMILES string of the molecule is CCNC(=NCc1sc(C)nc1C)NC1CCCN(c2ccc(OC(F)F)cc2)C1. The lowest BCUT2D eigenvalue weighted by molar-refractivity contribution is -0.0498. The number of alkyl halides is 2. The van der Waals surface area contributed by atoms with Gasteiger partial charge >= 0.3 is 6.61 Å². The van der Waals surface area contributed by atoms with Crippen molar-refractivity contribution in [3.63, 3.8) is 0 Å². The lowest BCUT2D eigenvalue weighted by atomic mass is 10.0. The Morgan fingerprint density at radius 2 is 2.10 bits per heavy atom. The van der Waals surface area contributed by atoms with Crippen molar-refractivity contribution < 1.29 is 13.5 Å². The number of hydrogen-bond acceptors (Lipinski definition) is 5. The van der Waals surface area contributed by atoms with E-state index in [9.17, 15) is 8.78 Å². The fourth-order valence-electron chi connectivity index (χ4n) is 3.55. The Bertz CT molecular complexity index is 840. The lowest BCUT2D eigenvalue weighted by Gasteiger charge is -2.35. The minimum Gasteiger partial charge on any atom is -0.435 e. The van der Waals surface area contributed by atoms with E-state index in [0.29, 0.717) is 6.54 Å². The Balaban J connectivity index is 1.61. The molecule has 3 rings (SSSR count). The fourth-order valence-corrected chi connectivity index (χ4v) is 4.41. The van der Waals surface area contributed by atoms with Crippen LogP contribution in [0, 0.1) is 13.8 Å². The molecule has 2 aromatic rings. The Kier molecular flexibility index (Phi) is 7.84. The van der Waals surface area contributed by atoms with Gasteiger partial charge in [0, 0.05) is 36.2 Å². The second kappa shape index (κ2) is 10.6. The van der Waals surface area contributed by atoms with Crippen molar-refractivity contribution >= 4 is 23.0 Å². The first-order chi connectivity index (χ1) is 14.4. The summed E-state index contributed by atoms with van der Waals surface area (Å²) in [6, 6.07) is 7.08. The van der Waals surface area contributed by atoms with Crippen LogP contribution in [0.4, 0.5) is 14.5 Å². The van der Waals surface area contributed by atoms with Crippen LogP contribution in [0.5, 0.6) is 5.75 Å². The molecule has 0 saturated carbocycles. The average molecular weight is 438 g/mol. The zero-order valence-corrected chi connectivity index (χ0v) is 18.4. The van der Waals surface area contributed by atoms with Crippen LogP contribution in [0.15, 0.2) is 29.3 Å². The second-order valence-electron chi connectivity index (χ2n) is 7.24. The average Bonchev–Trinajstić information content (AvgIpc) is 3.04. The van der Waals surface area contributed by atoms with Gasteiger partial charge in [-0.2, -0.15) is 8.78 Å². The smallest absolute Gasteiger partial charge is 0.387 e. The van der Waals surface area contributed by atoms with Crippen LogP contribution >= 0.6 is 11.3 Å². The number of halogens is 2. The van der Waals surface area contributed by atoms with Gasteiger partial charge in [-0.1, -0.05) is 0 Å². The molecule has 1 saturated heterocycles. The first-order valence-electron chi connectivity index (χ1n) is 10.2.